The van der Waals surface area contributed by atoms with Crippen LogP contribution in [0, 0.1) is 19.8 Å². The number of aromatic nitrogens is 3. The summed E-state index contributed by atoms with van der Waals surface area (Å²) in [6.45, 7) is 7.69. The largest absolute Gasteiger partial charge is 0.416 e. The Kier molecular flexibility index (Phi) is 5.83. The number of benzene rings is 1. The summed E-state index contributed by atoms with van der Waals surface area (Å²) in [4.78, 5) is 7.05. The number of pyridine rings is 1. The molecule has 3 atom stereocenters. The number of nitrogens with zero attached hydrogens (tertiary/aromatic N) is 4. The quantitative estimate of drug-likeness (QED) is 0.546. The molecule has 6 nitrogen and oxygen atoms in total. The van der Waals surface area contributed by atoms with E-state index in [1.165, 1.54) is 13.0 Å². The van der Waals surface area contributed by atoms with Crippen LogP contribution in [0.1, 0.15) is 48.2 Å². The van der Waals surface area contributed by atoms with E-state index in [-0.39, 0.29) is 5.56 Å². The predicted molar refractivity (Wildman–Crippen MR) is 125 cm³/mol. The van der Waals surface area contributed by atoms with Crippen LogP contribution in [0.15, 0.2) is 30.5 Å². The summed E-state index contributed by atoms with van der Waals surface area (Å²) < 4.78 is 46.0. The number of alkyl halides is 3. The second kappa shape index (κ2) is 8.69. The van der Waals surface area contributed by atoms with Gasteiger partial charge in [-0.05, 0) is 62.8 Å². The van der Waals surface area contributed by atoms with Gasteiger partial charge in [-0.1, -0.05) is 12.1 Å². The van der Waals surface area contributed by atoms with Gasteiger partial charge in [0.05, 0.1) is 47.3 Å². The number of ether oxygens (including phenoxy) is 1. The molecule has 2 aliphatic heterocycles. The van der Waals surface area contributed by atoms with Gasteiger partial charge >= 0.3 is 6.18 Å². The SMILES string of the molecule is Cc1c([C@@H](C)Nc2nnc(C)c3ncc(N4CC5CCOCC4C5)cc23)cccc1C(F)(F)F. The minimum atomic E-state index is -4.40. The highest BCUT2D eigenvalue weighted by molar-refractivity contribution is 5.92. The molecule has 2 aromatic heterocycles. The Labute approximate surface area is 196 Å². The van der Waals surface area contributed by atoms with E-state index < -0.39 is 17.8 Å². The number of hydrogen-bond donors (Lipinski definition) is 1. The average Bonchev–Trinajstić information content (AvgIpc) is 3.04. The number of fused-ring (bicyclic) bond motifs is 3. The van der Waals surface area contributed by atoms with Crippen molar-refractivity contribution in [1.29, 1.82) is 0 Å². The number of aryl methyl sites for hydroxylation is 1. The first-order chi connectivity index (χ1) is 16.2. The maximum absolute atomic E-state index is 13.4. The first kappa shape index (κ1) is 22.8. The normalized spacial score (nSPS) is 21.5. The predicted octanol–water partition coefficient (Wildman–Crippen LogP) is 5.45. The lowest BCUT2D eigenvalue weighted by atomic mass is 9.97. The number of halogens is 3. The first-order valence-corrected chi connectivity index (χ1v) is 11.6. The molecule has 0 aliphatic carbocycles. The fourth-order valence-corrected chi connectivity index (χ4v) is 5.29. The summed E-state index contributed by atoms with van der Waals surface area (Å²) in [5, 5.41) is 12.7. The van der Waals surface area contributed by atoms with Crippen molar-refractivity contribution in [2.24, 2.45) is 5.92 Å². The van der Waals surface area contributed by atoms with Gasteiger partial charge in [0.1, 0.15) is 0 Å². The summed E-state index contributed by atoms with van der Waals surface area (Å²) in [5.74, 6) is 1.12. The molecule has 2 aliphatic rings. The van der Waals surface area contributed by atoms with Crippen LogP contribution in [0.2, 0.25) is 0 Å². The molecule has 1 aromatic carbocycles. The molecule has 2 fully saturated rings. The van der Waals surface area contributed by atoms with Crippen molar-refractivity contribution in [2.75, 3.05) is 30.0 Å². The highest BCUT2D eigenvalue weighted by atomic mass is 19.4. The van der Waals surface area contributed by atoms with Crippen LogP contribution in [0.4, 0.5) is 24.7 Å². The van der Waals surface area contributed by atoms with Crippen LogP contribution in [0.3, 0.4) is 0 Å². The van der Waals surface area contributed by atoms with Crippen molar-refractivity contribution in [3.8, 4) is 0 Å². The minimum Gasteiger partial charge on any atom is -0.379 e. The van der Waals surface area contributed by atoms with Crippen molar-refractivity contribution in [1.82, 2.24) is 15.2 Å². The number of rotatable bonds is 4. The van der Waals surface area contributed by atoms with Crippen molar-refractivity contribution < 1.29 is 17.9 Å². The molecule has 180 valence electrons. The van der Waals surface area contributed by atoms with Crippen LogP contribution in [-0.4, -0.2) is 41.0 Å². The van der Waals surface area contributed by atoms with E-state index in [1.807, 2.05) is 20.0 Å². The van der Waals surface area contributed by atoms with Gasteiger partial charge in [0.15, 0.2) is 5.82 Å². The van der Waals surface area contributed by atoms with Gasteiger partial charge in [-0.15, -0.1) is 5.10 Å². The molecule has 1 N–H and O–H groups in total. The Morgan fingerprint density at radius 2 is 2.03 bits per heavy atom. The Hall–Kier alpha value is -2.94. The van der Waals surface area contributed by atoms with Crippen LogP contribution in [-0.2, 0) is 10.9 Å². The molecule has 2 saturated heterocycles. The van der Waals surface area contributed by atoms with E-state index in [1.54, 1.807) is 6.07 Å². The highest BCUT2D eigenvalue weighted by Gasteiger charge is 2.35. The van der Waals surface area contributed by atoms with E-state index in [4.69, 9.17) is 9.72 Å². The summed E-state index contributed by atoms with van der Waals surface area (Å²) in [6, 6.07) is 6.25. The summed E-state index contributed by atoms with van der Waals surface area (Å²) >= 11 is 0. The molecule has 3 aromatic rings. The fraction of sp³-hybridized carbons (Fsp3) is 0.480. The zero-order valence-corrected chi connectivity index (χ0v) is 19.5. The molecule has 0 saturated carbocycles. The lowest BCUT2D eigenvalue weighted by Crippen LogP contribution is -2.34. The second-order valence-electron chi connectivity index (χ2n) is 9.38. The molecule has 0 radical (unpaired) electrons. The third kappa shape index (κ3) is 4.17. The summed E-state index contributed by atoms with van der Waals surface area (Å²) in [7, 11) is 0. The maximum Gasteiger partial charge on any atom is 0.416 e. The van der Waals surface area contributed by atoms with Gasteiger partial charge in [0.2, 0.25) is 0 Å². The molecule has 0 spiro atoms. The Balaban J connectivity index is 1.49. The Morgan fingerprint density at radius 1 is 1.21 bits per heavy atom. The topological polar surface area (TPSA) is 63.2 Å². The van der Waals surface area contributed by atoms with E-state index in [0.29, 0.717) is 35.6 Å². The van der Waals surface area contributed by atoms with Gasteiger partial charge < -0.3 is 15.0 Å². The zero-order valence-electron chi connectivity index (χ0n) is 19.5. The van der Waals surface area contributed by atoms with E-state index in [0.717, 1.165) is 48.6 Å². The molecule has 9 heteroatoms. The molecule has 34 heavy (non-hydrogen) atoms. The van der Waals surface area contributed by atoms with Crippen LogP contribution in [0.25, 0.3) is 10.9 Å². The van der Waals surface area contributed by atoms with Crippen molar-refractivity contribution >= 4 is 22.4 Å². The number of anilines is 2. The molecule has 2 unspecified atom stereocenters. The van der Waals surface area contributed by atoms with Gasteiger partial charge in [-0.3, -0.25) is 4.98 Å². The van der Waals surface area contributed by atoms with Crippen molar-refractivity contribution in [3.05, 3.63) is 52.8 Å². The Morgan fingerprint density at radius 3 is 2.82 bits per heavy atom. The van der Waals surface area contributed by atoms with Crippen molar-refractivity contribution in [2.45, 2.75) is 51.9 Å². The molecular weight excluding hydrogens is 443 g/mol. The smallest absolute Gasteiger partial charge is 0.379 e. The molecule has 5 rings (SSSR count). The van der Waals surface area contributed by atoms with Gasteiger partial charge in [-0.2, -0.15) is 18.3 Å². The number of hydrogen-bond acceptors (Lipinski definition) is 6. The van der Waals surface area contributed by atoms with Gasteiger partial charge in [0, 0.05) is 18.5 Å². The lowest BCUT2D eigenvalue weighted by molar-refractivity contribution is -0.138. The Bertz CT molecular complexity index is 1220. The maximum atomic E-state index is 13.4. The molecule has 4 heterocycles. The van der Waals surface area contributed by atoms with Crippen molar-refractivity contribution in [3.63, 3.8) is 0 Å². The molecular formula is C25H28F3N5O. The lowest BCUT2D eigenvalue weighted by Gasteiger charge is -2.28. The number of nitrogens with one attached hydrogen (secondary N) is 1. The summed E-state index contributed by atoms with van der Waals surface area (Å²) in [6.07, 6.45) is -0.342. The highest BCUT2D eigenvalue weighted by Crippen LogP contribution is 2.37. The third-order valence-corrected chi connectivity index (χ3v) is 7.09. The minimum absolute atomic E-state index is 0.207. The standard InChI is InChI=1S/C25H28F3N5O/c1-14-20(5-4-6-22(14)25(26,27)28)15(2)30-24-21-10-18(11-29-23(21)16(3)31-32-24)33-12-17-7-8-34-13-19(33)9-17/h4-6,10-11,15,17,19H,7-9,12-13H2,1-3H3,(H,30,32)/t15-,17?,19?/m1/s1. The zero-order chi connectivity index (χ0) is 24.0. The second-order valence-corrected chi connectivity index (χ2v) is 9.38. The monoisotopic (exact) mass is 471 g/mol. The van der Waals surface area contributed by atoms with E-state index >= 15 is 0 Å². The van der Waals surface area contributed by atoms with Gasteiger partial charge in [-0.25, -0.2) is 0 Å². The average molecular weight is 472 g/mol. The summed E-state index contributed by atoms with van der Waals surface area (Å²) in [5.41, 5.74) is 2.58. The van der Waals surface area contributed by atoms with E-state index in [9.17, 15) is 13.2 Å². The molecule has 0 amide bonds. The third-order valence-electron chi connectivity index (χ3n) is 7.09. The molecule has 2 bridgehead atoms. The first-order valence-electron chi connectivity index (χ1n) is 11.6. The van der Waals surface area contributed by atoms with Crippen LogP contribution in [0.5, 0.6) is 0 Å². The fourth-order valence-electron chi connectivity index (χ4n) is 5.29. The van der Waals surface area contributed by atoms with E-state index in [2.05, 4.69) is 26.5 Å². The van der Waals surface area contributed by atoms with Gasteiger partial charge in [0.25, 0.3) is 0 Å². The van der Waals surface area contributed by atoms with Crippen LogP contribution >= 0.6 is 0 Å². The van der Waals surface area contributed by atoms with Crippen LogP contribution < -0.4 is 10.2 Å².